The number of hydrogen-bond donors (Lipinski definition) is 1. The Balaban J connectivity index is 0.00000302. The molecule has 1 N–H and O–H groups in total. The lowest BCUT2D eigenvalue weighted by atomic mass is 9.99. The fourth-order valence-electron chi connectivity index (χ4n) is 6.45. The number of hydrogen-bond acceptors (Lipinski definition) is 6. The van der Waals surface area contributed by atoms with Gasteiger partial charge in [-0.2, -0.15) is 0 Å². The number of likely N-dealkylation sites (tertiary alicyclic amines) is 1. The number of imidazole rings is 1. The van der Waals surface area contributed by atoms with Gasteiger partial charge >= 0.3 is 0 Å². The Morgan fingerprint density at radius 2 is 1.98 bits per heavy atom. The molecule has 0 radical (unpaired) electrons. The summed E-state index contributed by atoms with van der Waals surface area (Å²) in [4.78, 5) is 39.0. The van der Waals surface area contributed by atoms with E-state index in [9.17, 15) is 9.59 Å². The molecule has 216 valence electrons. The summed E-state index contributed by atoms with van der Waals surface area (Å²) >= 11 is 6.22. The van der Waals surface area contributed by atoms with Gasteiger partial charge in [0.25, 0.3) is 11.5 Å². The minimum atomic E-state index is -0.237. The lowest BCUT2D eigenvalue weighted by Gasteiger charge is -2.24. The van der Waals surface area contributed by atoms with Gasteiger partial charge in [0.15, 0.2) is 0 Å². The molecule has 9 nitrogen and oxygen atoms in total. The van der Waals surface area contributed by atoms with Gasteiger partial charge in [0.2, 0.25) is 0 Å². The number of aromatic nitrogens is 3. The van der Waals surface area contributed by atoms with Crippen molar-refractivity contribution >= 4 is 39.7 Å². The first-order chi connectivity index (χ1) is 19.5. The van der Waals surface area contributed by atoms with Crippen LogP contribution in [0, 0.1) is 0 Å². The molecule has 4 aromatic rings. The smallest absolute Gasteiger partial charge is 0.274 e. The standard InChI is InChI=1S/C30H32ClN5O4.CH4/c1-34-9-2-3-21(34)17-40-27-15-25-23(14-22(27)30(38)35-10-6-19-13-20(31)4-5-24(19)35)33-29(37)26-16-32-28(36(25)26)18-7-11-39-12-8-18;/h4-5,13-16,18,21H,2-3,6-12,17H2,1H3,(H,33,37);1H4/t21-;/m0./s1. The van der Waals surface area contributed by atoms with Crippen LogP contribution in [0.4, 0.5) is 5.69 Å². The van der Waals surface area contributed by atoms with Gasteiger partial charge in [0, 0.05) is 48.5 Å². The topological polar surface area (TPSA) is 92.2 Å². The van der Waals surface area contributed by atoms with Crippen LogP contribution < -0.4 is 15.2 Å². The van der Waals surface area contributed by atoms with Crippen molar-refractivity contribution in [3.05, 3.63) is 68.9 Å². The lowest BCUT2D eigenvalue weighted by Crippen LogP contribution is -2.32. The van der Waals surface area contributed by atoms with E-state index in [0.29, 0.717) is 53.7 Å². The highest BCUT2D eigenvalue weighted by molar-refractivity contribution is 6.30. The maximum atomic E-state index is 14.1. The van der Waals surface area contributed by atoms with E-state index in [2.05, 4.69) is 21.9 Å². The van der Waals surface area contributed by atoms with Crippen molar-refractivity contribution in [2.24, 2.45) is 0 Å². The first-order valence-electron chi connectivity index (χ1n) is 14.1. The molecular weight excluding hydrogens is 542 g/mol. The van der Waals surface area contributed by atoms with Crippen molar-refractivity contribution in [1.29, 1.82) is 0 Å². The maximum absolute atomic E-state index is 14.1. The van der Waals surface area contributed by atoms with Crippen LogP contribution in [0.3, 0.4) is 0 Å². The van der Waals surface area contributed by atoms with Crippen molar-refractivity contribution in [3.8, 4) is 5.75 Å². The van der Waals surface area contributed by atoms with Crippen LogP contribution in [0.25, 0.3) is 16.6 Å². The molecule has 0 unspecified atom stereocenters. The van der Waals surface area contributed by atoms with Gasteiger partial charge < -0.3 is 24.3 Å². The Labute approximate surface area is 244 Å². The monoisotopic (exact) mass is 577 g/mol. The zero-order chi connectivity index (χ0) is 27.4. The highest BCUT2D eigenvalue weighted by Crippen LogP contribution is 2.35. The summed E-state index contributed by atoms with van der Waals surface area (Å²) in [7, 11) is 2.11. The highest BCUT2D eigenvalue weighted by Gasteiger charge is 2.30. The van der Waals surface area contributed by atoms with Crippen LogP contribution in [0.2, 0.25) is 5.02 Å². The molecule has 3 aliphatic heterocycles. The molecule has 3 aliphatic rings. The number of halogens is 1. The van der Waals surface area contributed by atoms with Gasteiger partial charge in [-0.05, 0) is 75.5 Å². The molecule has 0 bridgehead atoms. The van der Waals surface area contributed by atoms with Crippen molar-refractivity contribution < 1.29 is 14.3 Å². The van der Waals surface area contributed by atoms with Crippen LogP contribution in [0.1, 0.15) is 60.8 Å². The zero-order valence-corrected chi connectivity index (χ0v) is 23.2. The third-order valence-corrected chi connectivity index (χ3v) is 8.95. The minimum absolute atomic E-state index is 0. The van der Waals surface area contributed by atoms with E-state index in [0.717, 1.165) is 61.2 Å². The fourth-order valence-corrected chi connectivity index (χ4v) is 6.65. The largest absolute Gasteiger partial charge is 0.491 e. The van der Waals surface area contributed by atoms with E-state index in [-0.39, 0.29) is 30.9 Å². The molecule has 1 amide bonds. The Hall–Kier alpha value is -3.40. The second-order valence-corrected chi connectivity index (χ2v) is 11.5. The predicted octanol–water partition coefficient (Wildman–Crippen LogP) is 5.04. The number of aromatic amines is 1. The molecule has 1 atom stereocenters. The number of nitrogens with zero attached hydrogens (tertiary/aromatic N) is 4. The Bertz CT molecular complexity index is 1670. The second-order valence-electron chi connectivity index (χ2n) is 11.1. The van der Waals surface area contributed by atoms with Gasteiger partial charge in [-0.15, -0.1) is 0 Å². The van der Waals surface area contributed by atoms with Gasteiger partial charge in [-0.3, -0.25) is 14.0 Å². The number of H-pyrrole nitrogens is 1. The fraction of sp³-hybridized carbons (Fsp3) is 0.452. The number of benzene rings is 2. The molecule has 2 fully saturated rings. The number of carbonyl (C=O) groups is 1. The van der Waals surface area contributed by atoms with Crippen molar-refractivity contribution in [2.75, 3.05) is 44.9 Å². The Morgan fingerprint density at radius 3 is 2.76 bits per heavy atom. The van der Waals surface area contributed by atoms with E-state index in [1.54, 1.807) is 17.2 Å². The number of fused-ring (bicyclic) bond motifs is 4. The highest BCUT2D eigenvalue weighted by atomic mass is 35.5. The second kappa shape index (κ2) is 11.1. The van der Waals surface area contributed by atoms with Crippen LogP contribution in [0.15, 0.2) is 41.3 Å². The van der Waals surface area contributed by atoms with Crippen molar-refractivity contribution in [3.63, 3.8) is 0 Å². The van der Waals surface area contributed by atoms with E-state index in [4.69, 9.17) is 21.1 Å². The third-order valence-electron chi connectivity index (χ3n) is 8.71. The van der Waals surface area contributed by atoms with E-state index >= 15 is 0 Å². The molecule has 10 heteroatoms. The molecule has 41 heavy (non-hydrogen) atoms. The minimum Gasteiger partial charge on any atom is -0.491 e. The number of anilines is 1. The molecular formula is C31H36ClN5O4. The van der Waals surface area contributed by atoms with Crippen LogP contribution >= 0.6 is 11.6 Å². The van der Waals surface area contributed by atoms with Crippen molar-refractivity contribution in [2.45, 2.75) is 51.5 Å². The van der Waals surface area contributed by atoms with Crippen LogP contribution in [-0.4, -0.2) is 71.2 Å². The number of amides is 1. The number of nitrogens with one attached hydrogen (secondary N) is 1. The normalized spacial score (nSPS) is 19.6. The van der Waals surface area contributed by atoms with E-state index in [1.807, 2.05) is 28.7 Å². The van der Waals surface area contributed by atoms with Gasteiger partial charge in [-0.25, -0.2) is 4.98 Å². The maximum Gasteiger partial charge on any atom is 0.274 e. The molecule has 2 saturated heterocycles. The first kappa shape index (κ1) is 27.8. The molecule has 0 spiro atoms. The van der Waals surface area contributed by atoms with Crippen molar-refractivity contribution in [1.82, 2.24) is 19.3 Å². The average Bonchev–Trinajstić information content (AvgIpc) is 3.70. The molecule has 7 rings (SSSR count). The zero-order valence-electron chi connectivity index (χ0n) is 22.5. The first-order valence-corrected chi connectivity index (χ1v) is 14.4. The summed E-state index contributed by atoms with van der Waals surface area (Å²) in [6, 6.07) is 9.59. The van der Waals surface area contributed by atoms with Gasteiger partial charge in [0.05, 0.1) is 22.8 Å². The SMILES string of the molecule is C.CN1CCC[C@H]1COc1cc2c(cc1C(=O)N1CCc3cc(Cl)ccc31)[nH]c(=O)c1cnc(C3CCOCC3)n12. The summed E-state index contributed by atoms with van der Waals surface area (Å²) in [6.45, 7) is 3.42. The number of likely N-dealkylation sites (N-methyl/N-ethyl adjacent to an activating group) is 1. The van der Waals surface area contributed by atoms with Gasteiger partial charge in [-0.1, -0.05) is 19.0 Å². The number of ether oxygens (including phenoxy) is 2. The molecule has 2 aromatic heterocycles. The molecule has 5 heterocycles. The molecule has 2 aromatic carbocycles. The summed E-state index contributed by atoms with van der Waals surface area (Å²) in [5, 5.41) is 0.658. The quantitative estimate of drug-likeness (QED) is 0.357. The Morgan fingerprint density at radius 1 is 1.15 bits per heavy atom. The third kappa shape index (κ3) is 4.90. The average molecular weight is 578 g/mol. The molecule has 0 aliphatic carbocycles. The summed E-state index contributed by atoms with van der Waals surface area (Å²) < 4.78 is 14.0. The Kier molecular flexibility index (Phi) is 7.52. The number of rotatable bonds is 5. The number of carbonyl (C=O) groups excluding carboxylic acids is 1. The van der Waals surface area contributed by atoms with E-state index in [1.165, 1.54) is 0 Å². The van der Waals surface area contributed by atoms with Crippen LogP contribution in [0.5, 0.6) is 5.75 Å². The predicted molar refractivity (Wildman–Crippen MR) is 161 cm³/mol. The summed E-state index contributed by atoms with van der Waals surface area (Å²) in [6.07, 6.45) is 6.26. The van der Waals surface area contributed by atoms with Gasteiger partial charge in [0.1, 0.15) is 23.7 Å². The lowest BCUT2D eigenvalue weighted by molar-refractivity contribution is 0.0835. The molecule has 0 saturated carbocycles. The van der Waals surface area contributed by atoms with E-state index < -0.39 is 0 Å². The summed E-state index contributed by atoms with van der Waals surface area (Å²) in [5.74, 6) is 1.39. The van der Waals surface area contributed by atoms with Crippen LogP contribution in [-0.2, 0) is 11.2 Å². The summed E-state index contributed by atoms with van der Waals surface area (Å²) in [5.41, 5.74) is 3.93.